The van der Waals surface area contributed by atoms with Crippen molar-refractivity contribution in [1.82, 2.24) is 0 Å². The van der Waals surface area contributed by atoms with E-state index in [0.717, 1.165) is 25.1 Å². The highest BCUT2D eigenvalue weighted by Crippen LogP contribution is 2.36. The molecule has 4 heteroatoms. The zero-order valence-electron chi connectivity index (χ0n) is 11.8. The first kappa shape index (κ1) is 13.7. The first-order chi connectivity index (χ1) is 9.06. The zero-order chi connectivity index (χ0) is 14.0. The van der Waals surface area contributed by atoms with Crippen molar-refractivity contribution in [3.05, 3.63) is 18.2 Å². The molecule has 1 atom stereocenters. The van der Waals surface area contributed by atoms with Crippen LogP contribution in [0.4, 0.5) is 11.4 Å². The zero-order valence-corrected chi connectivity index (χ0v) is 11.8. The van der Waals surface area contributed by atoms with Crippen LogP contribution in [0.25, 0.3) is 0 Å². The van der Waals surface area contributed by atoms with Gasteiger partial charge in [0, 0.05) is 18.3 Å². The van der Waals surface area contributed by atoms with Gasteiger partial charge in [0.15, 0.2) is 6.10 Å². The lowest BCUT2D eigenvalue weighted by atomic mass is 10.0. The number of nitrogens with zero attached hydrogens (tertiary/aromatic N) is 1. The van der Waals surface area contributed by atoms with E-state index in [1.807, 2.05) is 17.0 Å². The summed E-state index contributed by atoms with van der Waals surface area (Å²) in [4.78, 5) is 14.2. The topological polar surface area (TPSA) is 55.6 Å². The molecule has 0 aromatic heterocycles. The van der Waals surface area contributed by atoms with Crippen LogP contribution in [0.5, 0.6) is 5.75 Å². The van der Waals surface area contributed by atoms with Crippen LogP contribution in [0.15, 0.2) is 18.2 Å². The molecule has 0 aliphatic carbocycles. The van der Waals surface area contributed by atoms with Crippen molar-refractivity contribution in [3.8, 4) is 5.75 Å². The molecule has 1 aromatic rings. The highest BCUT2D eigenvalue weighted by Gasteiger charge is 2.32. The highest BCUT2D eigenvalue weighted by atomic mass is 16.5. The van der Waals surface area contributed by atoms with Gasteiger partial charge in [0.25, 0.3) is 5.91 Å². The summed E-state index contributed by atoms with van der Waals surface area (Å²) in [5, 5.41) is 0. The Labute approximate surface area is 114 Å². The van der Waals surface area contributed by atoms with Crippen LogP contribution < -0.4 is 15.4 Å². The molecule has 19 heavy (non-hydrogen) atoms. The van der Waals surface area contributed by atoms with Crippen LogP contribution in [0.1, 0.15) is 33.6 Å². The van der Waals surface area contributed by atoms with E-state index in [1.165, 1.54) is 0 Å². The van der Waals surface area contributed by atoms with E-state index in [-0.39, 0.29) is 5.91 Å². The molecule has 1 aromatic carbocycles. The molecule has 4 nitrogen and oxygen atoms in total. The monoisotopic (exact) mass is 262 g/mol. The molecule has 1 aliphatic heterocycles. The number of rotatable bonds is 4. The molecule has 2 N–H and O–H groups in total. The average Bonchev–Trinajstić information content (AvgIpc) is 2.39. The van der Waals surface area contributed by atoms with Crippen molar-refractivity contribution in [2.24, 2.45) is 5.92 Å². The minimum atomic E-state index is -0.441. The molecule has 0 radical (unpaired) electrons. The number of benzene rings is 1. The Kier molecular flexibility index (Phi) is 3.98. The van der Waals surface area contributed by atoms with Gasteiger partial charge < -0.3 is 15.4 Å². The lowest BCUT2D eigenvalue weighted by Crippen LogP contribution is -2.46. The van der Waals surface area contributed by atoms with E-state index < -0.39 is 6.10 Å². The lowest BCUT2D eigenvalue weighted by Gasteiger charge is -2.35. The van der Waals surface area contributed by atoms with Gasteiger partial charge in [0.05, 0.1) is 5.69 Å². The lowest BCUT2D eigenvalue weighted by molar-refractivity contribution is -0.125. The fraction of sp³-hybridized carbons (Fsp3) is 0.533. The first-order valence-corrected chi connectivity index (χ1v) is 6.94. The maximum absolute atomic E-state index is 12.3. The van der Waals surface area contributed by atoms with Crippen LogP contribution in [-0.2, 0) is 4.79 Å². The molecule has 1 aliphatic rings. The van der Waals surface area contributed by atoms with Crippen molar-refractivity contribution < 1.29 is 9.53 Å². The van der Waals surface area contributed by atoms with Crippen LogP contribution in [0.3, 0.4) is 0 Å². The van der Waals surface area contributed by atoms with E-state index in [9.17, 15) is 4.79 Å². The molecule has 2 rings (SSSR count). The number of nitrogen functional groups attached to an aromatic ring is 1. The van der Waals surface area contributed by atoms with Crippen LogP contribution >= 0.6 is 0 Å². The SMILES string of the molecule is CCC(CC)CN1C(=O)C(C)Oc2cc(N)ccc21. The number of carbonyl (C=O) groups is 1. The Balaban J connectivity index is 2.33. The summed E-state index contributed by atoms with van der Waals surface area (Å²) in [5.41, 5.74) is 7.27. The van der Waals surface area contributed by atoms with Gasteiger partial charge in [-0.1, -0.05) is 26.7 Å². The Morgan fingerprint density at radius 2 is 2.05 bits per heavy atom. The summed E-state index contributed by atoms with van der Waals surface area (Å²) >= 11 is 0. The van der Waals surface area contributed by atoms with E-state index in [2.05, 4.69) is 13.8 Å². The Bertz CT molecular complexity index is 469. The summed E-state index contributed by atoms with van der Waals surface area (Å²) in [5.74, 6) is 1.25. The molecule has 0 spiro atoms. The molecule has 0 saturated carbocycles. The number of carbonyl (C=O) groups excluding carboxylic acids is 1. The van der Waals surface area contributed by atoms with E-state index in [4.69, 9.17) is 10.5 Å². The number of hydrogen-bond donors (Lipinski definition) is 1. The van der Waals surface area contributed by atoms with Gasteiger partial charge in [-0.25, -0.2) is 0 Å². The maximum atomic E-state index is 12.3. The van der Waals surface area contributed by atoms with Crippen molar-refractivity contribution in [3.63, 3.8) is 0 Å². The van der Waals surface area contributed by atoms with Crippen molar-refractivity contribution in [2.75, 3.05) is 17.2 Å². The predicted octanol–water partition coefficient (Wildman–Crippen LogP) is 2.82. The molecule has 104 valence electrons. The Morgan fingerprint density at radius 1 is 1.37 bits per heavy atom. The van der Waals surface area contributed by atoms with E-state index in [0.29, 0.717) is 17.4 Å². The van der Waals surface area contributed by atoms with Crippen LogP contribution in [0, 0.1) is 5.92 Å². The van der Waals surface area contributed by atoms with Crippen LogP contribution in [0.2, 0.25) is 0 Å². The molecule has 1 heterocycles. The predicted molar refractivity (Wildman–Crippen MR) is 77.4 cm³/mol. The van der Waals surface area contributed by atoms with Crippen LogP contribution in [-0.4, -0.2) is 18.6 Å². The number of nitrogens with two attached hydrogens (primary N) is 1. The van der Waals surface area contributed by atoms with Gasteiger partial charge in [-0.15, -0.1) is 0 Å². The first-order valence-electron chi connectivity index (χ1n) is 6.94. The molecular weight excluding hydrogens is 240 g/mol. The fourth-order valence-corrected chi connectivity index (χ4v) is 2.42. The summed E-state index contributed by atoms with van der Waals surface area (Å²) in [6.07, 6.45) is 1.70. The maximum Gasteiger partial charge on any atom is 0.267 e. The van der Waals surface area contributed by atoms with Crippen molar-refractivity contribution in [1.29, 1.82) is 0 Å². The van der Waals surface area contributed by atoms with E-state index >= 15 is 0 Å². The summed E-state index contributed by atoms with van der Waals surface area (Å²) in [6.45, 7) is 6.85. The Hall–Kier alpha value is -1.71. The average molecular weight is 262 g/mol. The molecule has 0 bridgehead atoms. The molecule has 1 unspecified atom stereocenters. The summed E-state index contributed by atoms with van der Waals surface area (Å²) < 4.78 is 5.63. The Morgan fingerprint density at radius 3 is 2.68 bits per heavy atom. The highest BCUT2D eigenvalue weighted by molar-refractivity contribution is 6.00. The van der Waals surface area contributed by atoms with Crippen molar-refractivity contribution in [2.45, 2.75) is 39.7 Å². The largest absolute Gasteiger partial charge is 0.479 e. The number of anilines is 2. The standard InChI is InChI=1S/C15H22N2O2/c1-4-11(5-2)9-17-13-7-6-12(16)8-14(13)19-10(3)15(17)18/h6-8,10-11H,4-5,9,16H2,1-3H3. The van der Waals surface area contributed by atoms with Gasteiger partial charge in [-0.2, -0.15) is 0 Å². The van der Waals surface area contributed by atoms with Gasteiger partial charge in [0.1, 0.15) is 5.75 Å². The van der Waals surface area contributed by atoms with Gasteiger partial charge >= 0.3 is 0 Å². The number of amides is 1. The summed E-state index contributed by atoms with van der Waals surface area (Å²) in [7, 11) is 0. The van der Waals surface area contributed by atoms with Gasteiger partial charge in [0.2, 0.25) is 0 Å². The number of hydrogen-bond acceptors (Lipinski definition) is 3. The molecular formula is C15H22N2O2. The second-order valence-corrected chi connectivity index (χ2v) is 5.12. The summed E-state index contributed by atoms with van der Waals surface area (Å²) in [6, 6.07) is 5.47. The quantitative estimate of drug-likeness (QED) is 0.849. The second-order valence-electron chi connectivity index (χ2n) is 5.12. The third-order valence-corrected chi connectivity index (χ3v) is 3.79. The number of fused-ring (bicyclic) bond motifs is 1. The van der Waals surface area contributed by atoms with Crippen molar-refractivity contribution >= 4 is 17.3 Å². The molecule has 1 amide bonds. The van der Waals surface area contributed by atoms with Gasteiger partial charge in [-0.05, 0) is 25.0 Å². The fourth-order valence-electron chi connectivity index (χ4n) is 2.42. The molecule has 0 fully saturated rings. The normalized spacial score (nSPS) is 18.4. The van der Waals surface area contributed by atoms with E-state index in [1.54, 1.807) is 13.0 Å². The van der Waals surface area contributed by atoms with Gasteiger partial charge in [-0.3, -0.25) is 4.79 Å². The number of ether oxygens (including phenoxy) is 1. The minimum absolute atomic E-state index is 0.0316. The molecule has 0 saturated heterocycles. The third kappa shape index (κ3) is 2.67. The second kappa shape index (κ2) is 5.51. The third-order valence-electron chi connectivity index (χ3n) is 3.79. The minimum Gasteiger partial charge on any atom is -0.479 e. The smallest absolute Gasteiger partial charge is 0.267 e.